The Hall–Kier alpha value is -1.35. The van der Waals surface area contributed by atoms with Crippen molar-refractivity contribution in [2.24, 2.45) is 5.73 Å². The quantitative estimate of drug-likeness (QED) is 0.684. The van der Waals surface area contributed by atoms with Crippen molar-refractivity contribution in [1.29, 1.82) is 0 Å². The van der Waals surface area contributed by atoms with Crippen molar-refractivity contribution in [2.45, 2.75) is 25.8 Å². The van der Waals surface area contributed by atoms with Crippen LogP contribution < -0.4 is 11.1 Å². The van der Waals surface area contributed by atoms with Crippen LogP contribution in [0.15, 0.2) is 30.3 Å². The van der Waals surface area contributed by atoms with Gasteiger partial charge in [0.1, 0.15) is 0 Å². The summed E-state index contributed by atoms with van der Waals surface area (Å²) in [5.41, 5.74) is 6.45. The average Bonchev–Trinajstić information content (AvgIpc) is 2.25. The fourth-order valence-electron chi connectivity index (χ4n) is 1.36. The van der Waals surface area contributed by atoms with Crippen LogP contribution in [-0.4, -0.2) is 18.5 Å². The van der Waals surface area contributed by atoms with Crippen LogP contribution in [0.2, 0.25) is 0 Å². The van der Waals surface area contributed by atoms with E-state index in [4.69, 9.17) is 5.73 Å². The second kappa shape index (κ2) is 6.19. The molecule has 0 fully saturated rings. The van der Waals surface area contributed by atoms with Gasteiger partial charge in [0.2, 0.25) is 5.91 Å². The maximum atomic E-state index is 10.7. The zero-order chi connectivity index (χ0) is 11.1. The summed E-state index contributed by atoms with van der Waals surface area (Å²) < 4.78 is 0. The molecule has 1 amide bonds. The molecule has 0 heterocycles. The van der Waals surface area contributed by atoms with E-state index < -0.39 is 0 Å². The third-order valence-electron chi connectivity index (χ3n) is 2.36. The molecule has 0 saturated heterocycles. The van der Waals surface area contributed by atoms with Gasteiger partial charge in [-0.25, -0.2) is 0 Å². The van der Waals surface area contributed by atoms with Crippen LogP contribution in [0.3, 0.4) is 0 Å². The molecule has 3 N–H and O–H groups in total. The summed E-state index contributed by atoms with van der Waals surface area (Å²) in [6.07, 6.45) is 2.04. The molecule has 3 nitrogen and oxygen atoms in total. The van der Waals surface area contributed by atoms with Gasteiger partial charge in [0, 0.05) is 0 Å². The van der Waals surface area contributed by atoms with Crippen LogP contribution >= 0.6 is 0 Å². The van der Waals surface area contributed by atoms with E-state index in [0.29, 0.717) is 0 Å². The molecule has 0 radical (unpaired) electrons. The van der Waals surface area contributed by atoms with Gasteiger partial charge in [0.05, 0.1) is 6.04 Å². The number of rotatable bonds is 6. The highest BCUT2D eigenvalue weighted by molar-refractivity contribution is 5.79. The first-order chi connectivity index (χ1) is 7.20. The minimum Gasteiger partial charge on any atom is -0.368 e. The molecule has 0 aliphatic heterocycles. The molecule has 0 aliphatic rings. The van der Waals surface area contributed by atoms with Gasteiger partial charge in [0.15, 0.2) is 0 Å². The lowest BCUT2D eigenvalue weighted by molar-refractivity contribution is -0.119. The second-order valence-electron chi connectivity index (χ2n) is 3.67. The van der Waals surface area contributed by atoms with Crippen molar-refractivity contribution in [3.63, 3.8) is 0 Å². The third kappa shape index (κ3) is 4.61. The summed E-state index contributed by atoms with van der Waals surface area (Å²) in [4.78, 5) is 10.7. The highest BCUT2D eigenvalue weighted by atomic mass is 16.1. The van der Waals surface area contributed by atoms with E-state index in [1.807, 2.05) is 18.2 Å². The van der Waals surface area contributed by atoms with Crippen molar-refractivity contribution < 1.29 is 4.79 Å². The van der Waals surface area contributed by atoms with Gasteiger partial charge < -0.3 is 11.1 Å². The SMILES string of the molecule is C[C@H](NCCCc1ccccc1)C(N)=O. The zero-order valence-electron chi connectivity index (χ0n) is 9.07. The van der Waals surface area contributed by atoms with Gasteiger partial charge >= 0.3 is 0 Å². The predicted molar refractivity (Wildman–Crippen MR) is 61.4 cm³/mol. The first-order valence-corrected chi connectivity index (χ1v) is 5.27. The minimum atomic E-state index is -0.297. The number of hydrogen-bond donors (Lipinski definition) is 2. The van der Waals surface area contributed by atoms with Crippen LogP contribution in [0.25, 0.3) is 0 Å². The first-order valence-electron chi connectivity index (χ1n) is 5.27. The summed E-state index contributed by atoms with van der Waals surface area (Å²) in [6.45, 7) is 2.60. The molecule has 1 aromatic rings. The number of aryl methyl sites for hydroxylation is 1. The Kier molecular flexibility index (Phi) is 4.84. The normalized spacial score (nSPS) is 12.3. The zero-order valence-corrected chi connectivity index (χ0v) is 9.07. The molecule has 0 aliphatic carbocycles. The molecule has 0 aromatic heterocycles. The number of nitrogens with two attached hydrogens (primary N) is 1. The van der Waals surface area contributed by atoms with E-state index in [-0.39, 0.29) is 11.9 Å². The number of hydrogen-bond acceptors (Lipinski definition) is 2. The van der Waals surface area contributed by atoms with Gasteiger partial charge in [-0.3, -0.25) is 4.79 Å². The van der Waals surface area contributed by atoms with Gasteiger partial charge in [-0.2, -0.15) is 0 Å². The van der Waals surface area contributed by atoms with E-state index in [1.165, 1.54) is 5.56 Å². The fourth-order valence-corrected chi connectivity index (χ4v) is 1.36. The maximum absolute atomic E-state index is 10.7. The number of carbonyl (C=O) groups excluding carboxylic acids is 1. The van der Waals surface area contributed by atoms with Crippen molar-refractivity contribution in [2.75, 3.05) is 6.54 Å². The van der Waals surface area contributed by atoms with E-state index >= 15 is 0 Å². The van der Waals surface area contributed by atoms with Crippen LogP contribution in [0.5, 0.6) is 0 Å². The van der Waals surface area contributed by atoms with Crippen molar-refractivity contribution in [3.05, 3.63) is 35.9 Å². The van der Waals surface area contributed by atoms with Crippen molar-refractivity contribution >= 4 is 5.91 Å². The molecule has 1 atom stereocenters. The summed E-state index contributed by atoms with van der Waals surface area (Å²) >= 11 is 0. The van der Waals surface area contributed by atoms with Crippen molar-refractivity contribution in [3.8, 4) is 0 Å². The summed E-state index contributed by atoms with van der Waals surface area (Å²) in [6, 6.07) is 10.1. The van der Waals surface area contributed by atoms with Crippen LogP contribution in [-0.2, 0) is 11.2 Å². The minimum absolute atomic E-state index is 0.235. The Balaban J connectivity index is 2.15. The van der Waals surface area contributed by atoms with Crippen LogP contribution in [0.4, 0.5) is 0 Å². The molecule has 1 rings (SSSR count). The highest BCUT2D eigenvalue weighted by Crippen LogP contribution is 2.01. The van der Waals surface area contributed by atoms with Gasteiger partial charge in [-0.05, 0) is 31.9 Å². The predicted octanol–water partition coefficient (Wildman–Crippen LogP) is 1.08. The van der Waals surface area contributed by atoms with Gasteiger partial charge in [0.25, 0.3) is 0 Å². The van der Waals surface area contributed by atoms with Crippen molar-refractivity contribution in [1.82, 2.24) is 5.32 Å². The molecule has 0 unspecified atom stereocenters. The topological polar surface area (TPSA) is 55.1 Å². The summed E-state index contributed by atoms with van der Waals surface area (Å²) in [5, 5.41) is 3.08. The average molecular weight is 206 g/mol. The maximum Gasteiger partial charge on any atom is 0.234 e. The molecule has 0 bridgehead atoms. The number of primary amides is 1. The van der Waals surface area contributed by atoms with Crippen LogP contribution in [0.1, 0.15) is 18.9 Å². The lowest BCUT2D eigenvalue weighted by Crippen LogP contribution is -2.39. The molecule has 3 heteroatoms. The molecular formula is C12H18N2O. The van der Waals surface area contributed by atoms with E-state index in [2.05, 4.69) is 17.4 Å². The number of carbonyl (C=O) groups is 1. The smallest absolute Gasteiger partial charge is 0.234 e. The standard InChI is InChI=1S/C12H18N2O/c1-10(12(13)15)14-9-5-8-11-6-3-2-4-7-11/h2-4,6-7,10,14H,5,8-9H2,1H3,(H2,13,15)/t10-/m0/s1. The largest absolute Gasteiger partial charge is 0.368 e. The molecule has 0 spiro atoms. The third-order valence-corrected chi connectivity index (χ3v) is 2.36. The van der Waals surface area contributed by atoms with Gasteiger partial charge in [-0.1, -0.05) is 30.3 Å². The molecule has 0 saturated carbocycles. The van der Waals surface area contributed by atoms with E-state index in [0.717, 1.165) is 19.4 Å². The number of benzene rings is 1. The Morgan fingerprint density at radius 1 is 1.40 bits per heavy atom. The molecule has 15 heavy (non-hydrogen) atoms. The van der Waals surface area contributed by atoms with E-state index in [1.54, 1.807) is 6.92 Å². The summed E-state index contributed by atoms with van der Waals surface area (Å²) in [5.74, 6) is -0.297. The number of nitrogens with one attached hydrogen (secondary N) is 1. The monoisotopic (exact) mass is 206 g/mol. The second-order valence-corrected chi connectivity index (χ2v) is 3.67. The Morgan fingerprint density at radius 2 is 2.07 bits per heavy atom. The Labute approximate surface area is 90.7 Å². The molecule has 1 aromatic carbocycles. The molecule has 82 valence electrons. The summed E-state index contributed by atoms with van der Waals surface area (Å²) in [7, 11) is 0. The highest BCUT2D eigenvalue weighted by Gasteiger charge is 2.05. The number of amides is 1. The van der Waals surface area contributed by atoms with Crippen LogP contribution in [0, 0.1) is 0 Å². The van der Waals surface area contributed by atoms with E-state index in [9.17, 15) is 4.79 Å². The molecular weight excluding hydrogens is 188 g/mol. The lowest BCUT2D eigenvalue weighted by atomic mass is 10.1. The van der Waals surface area contributed by atoms with Gasteiger partial charge in [-0.15, -0.1) is 0 Å². The fraction of sp³-hybridized carbons (Fsp3) is 0.417. The Morgan fingerprint density at radius 3 is 2.67 bits per heavy atom. The lowest BCUT2D eigenvalue weighted by Gasteiger charge is -2.09. The Bertz CT molecular complexity index is 298. The first kappa shape index (κ1) is 11.7.